The number of rotatable bonds is 3. The zero-order valence-corrected chi connectivity index (χ0v) is 10.8. The number of nitrogens with zero attached hydrogens (tertiary/aromatic N) is 3. The molecular formula is C9H8BrClN6. The molecule has 2 aromatic rings. The molecule has 2 rings (SSSR count). The van der Waals surface area contributed by atoms with Gasteiger partial charge in [-0.25, -0.2) is 9.97 Å². The van der Waals surface area contributed by atoms with Gasteiger partial charge in [0.05, 0.1) is 4.47 Å². The maximum atomic E-state index is 5.68. The molecule has 0 atom stereocenters. The average Bonchev–Trinajstić information content (AvgIpc) is 2.30. The Labute approximate surface area is 111 Å². The Morgan fingerprint density at radius 2 is 2.06 bits per heavy atom. The quantitative estimate of drug-likeness (QED) is 0.595. The predicted octanol–water partition coefficient (Wildman–Crippen LogP) is 2.31. The second-order valence-electron chi connectivity index (χ2n) is 3.03. The van der Waals surface area contributed by atoms with Crippen LogP contribution < -0.4 is 16.6 Å². The molecule has 0 radical (unpaired) electrons. The monoisotopic (exact) mass is 314 g/mol. The first kappa shape index (κ1) is 11.9. The van der Waals surface area contributed by atoms with Gasteiger partial charge in [0.2, 0.25) is 5.28 Å². The van der Waals surface area contributed by atoms with E-state index >= 15 is 0 Å². The summed E-state index contributed by atoms with van der Waals surface area (Å²) in [6.07, 6.45) is 1.55. The number of nitrogen functional groups attached to an aromatic ring is 1. The third kappa shape index (κ3) is 3.18. The van der Waals surface area contributed by atoms with E-state index in [1.807, 2.05) is 0 Å². The van der Waals surface area contributed by atoms with Crippen molar-refractivity contribution in [2.75, 3.05) is 16.6 Å². The van der Waals surface area contributed by atoms with Crippen molar-refractivity contribution >= 4 is 45.0 Å². The summed E-state index contributed by atoms with van der Waals surface area (Å²) in [6, 6.07) is 5.25. The van der Waals surface area contributed by atoms with E-state index in [1.165, 1.54) is 0 Å². The van der Waals surface area contributed by atoms with Crippen LogP contribution in [0.15, 0.2) is 28.9 Å². The van der Waals surface area contributed by atoms with Crippen molar-refractivity contribution in [3.63, 3.8) is 0 Å². The summed E-state index contributed by atoms with van der Waals surface area (Å²) >= 11 is 8.96. The van der Waals surface area contributed by atoms with Crippen molar-refractivity contribution in [2.24, 2.45) is 0 Å². The first-order chi connectivity index (χ1) is 8.15. The fourth-order valence-electron chi connectivity index (χ4n) is 1.08. The number of nitrogens with one attached hydrogen (secondary N) is 2. The van der Waals surface area contributed by atoms with Gasteiger partial charge in [0.1, 0.15) is 11.6 Å². The van der Waals surface area contributed by atoms with Gasteiger partial charge in [0.15, 0.2) is 5.82 Å². The number of anilines is 3. The SMILES string of the molecule is Nc1cccc(NNc2nc(Cl)ncc2Br)n1. The second-order valence-corrected chi connectivity index (χ2v) is 4.23. The highest BCUT2D eigenvalue weighted by Crippen LogP contribution is 2.20. The first-order valence-electron chi connectivity index (χ1n) is 4.58. The molecule has 0 aliphatic carbocycles. The Balaban J connectivity index is 2.09. The van der Waals surface area contributed by atoms with Crippen molar-refractivity contribution in [3.05, 3.63) is 34.2 Å². The van der Waals surface area contributed by atoms with Crippen molar-refractivity contribution in [1.82, 2.24) is 15.0 Å². The molecule has 0 saturated carbocycles. The maximum absolute atomic E-state index is 5.68. The van der Waals surface area contributed by atoms with Gasteiger partial charge in [-0.2, -0.15) is 4.98 Å². The molecule has 0 saturated heterocycles. The molecule has 0 fully saturated rings. The lowest BCUT2D eigenvalue weighted by molar-refractivity contribution is 1.13. The number of hydrazine groups is 1. The van der Waals surface area contributed by atoms with Crippen molar-refractivity contribution in [3.8, 4) is 0 Å². The molecule has 0 aliphatic rings. The Hall–Kier alpha value is -1.60. The normalized spacial score (nSPS) is 10.0. The first-order valence-corrected chi connectivity index (χ1v) is 5.75. The molecule has 0 unspecified atom stereocenters. The van der Waals surface area contributed by atoms with Gasteiger partial charge < -0.3 is 5.73 Å². The fraction of sp³-hybridized carbons (Fsp3) is 0. The third-order valence-corrected chi connectivity index (χ3v) is 2.56. The smallest absolute Gasteiger partial charge is 0.224 e. The number of hydrogen-bond acceptors (Lipinski definition) is 6. The molecule has 0 amide bonds. The van der Waals surface area contributed by atoms with Crippen LogP contribution in [0.5, 0.6) is 0 Å². The summed E-state index contributed by atoms with van der Waals surface area (Å²) in [6.45, 7) is 0. The Morgan fingerprint density at radius 1 is 1.24 bits per heavy atom. The molecule has 0 aliphatic heterocycles. The van der Waals surface area contributed by atoms with Crippen LogP contribution in [-0.2, 0) is 0 Å². The van der Waals surface area contributed by atoms with E-state index in [-0.39, 0.29) is 5.28 Å². The number of aromatic nitrogens is 3. The van der Waals surface area contributed by atoms with E-state index in [1.54, 1.807) is 24.4 Å². The van der Waals surface area contributed by atoms with E-state index in [2.05, 4.69) is 41.7 Å². The number of nitrogens with two attached hydrogens (primary N) is 1. The van der Waals surface area contributed by atoms with Gasteiger partial charge in [0.25, 0.3) is 0 Å². The Morgan fingerprint density at radius 3 is 2.82 bits per heavy atom. The lowest BCUT2D eigenvalue weighted by Gasteiger charge is -2.09. The summed E-state index contributed by atoms with van der Waals surface area (Å²) in [5, 5.41) is 0.151. The lowest BCUT2D eigenvalue weighted by atomic mass is 10.4. The molecular weight excluding hydrogens is 307 g/mol. The summed E-state index contributed by atoms with van der Waals surface area (Å²) in [7, 11) is 0. The average molecular weight is 316 g/mol. The Bertz CT molecular complexity index is 535. The molecule has 88 valence electrons. The van der Waals surface area contributed by atoms with Gasteiger partial charge >= 0.3 is 0 Å². The van der Waals surface area contributed by atoms with E-state index in [4.69, 9.17) is 17.3 Å². The van der Waals surface area contributed by atoms with Crippen molar-refractivity contribution in [1.29, 1.82) is 0 Å². The van der Waals surface area contributed by atoms with Gasteiger partial charge in [-0.3, -0.25) is 10.9 Å². The summed E-state index contributed by atoms with van der Waals surface area (Å²) in [5.41, 5.74) is 11.2. The molecule has 17 heavy (non-hydrogen) atoms. The minimum absolute atomic E-state index is 0.151. The molecule has 2 heterocycles. The predicted molar refractivity (Wildman–Crippen MR) is 70.6 cm³/mol. The second kappa shape index (κ2) is 5.15. The molecule has 6 nitrogen and oxygen atoms in total. The van der Waals surface area contributed by atoms with Crippen LogP contribution in [0.4, 0.5) is 17.5 Å². The van der Waals surface area contributed by atoms with Gasteiger partial charge in [-0.15, -0.1) is 0 Å². The van der Waals surface area contributed by atoms with Gasteiger partial charge in [0, 0.05) is 6.20 Å². The molecule has 0 spiro atoms. The van der Waals surface area contributed by atoms with Gasteiger partial charge in [-0.05, 0) is 39.7 Å². The largest absolute Gasteiger partial charge is 0.384 e. The zero-order chi connectivity index (χ0) is 12.3. The topological polar surface area (TPSA) is 88.8 Å². The molecule has 4 N–H and O–H groups in total. The fourth-order valence-corrected chi connectivity index (χ4v) is 1.50. The van der Waals surface area contributed by atoms with E-state index in [0.29, 0.717) is 21.9 Å². The van der Waals surface area contributed by atoms with Crippen molar-refractivity contribution < 1.29 is 0 Å². The number of hydrogen-bond donors (Lipinski definition) is 3. The van der Waals surface area contributed by atoms with Crippen LogP contribution in [-0.4, -0.2) is 15.0 Å². The number of pyridine rings is 1. The number of halogens is 2. The summed E-state index contributed by atoms with van der Waals surface area (Å²) < 4.78 is 0.679. The van der Waals surface area contributed by atoms with Crippen LogP contribution >= 0.6 is 27.5 Å². The molecule has 2 aromatic heterocycles. The van der Waals surface area contributed by atoms with Gasteiger partial charge in [-0.1, -0.05) is 6.07 Å². The van der Waals surface area contributed by atoms with Crippen LogP contribution in [0.25, 0.3) is 0 Å². The van der Waals surface area contributed by atoms with Crippen LogP contribution in [0, 0.1) is 0 Å². The zero-order valence-electron chi connectivity index (χ0n) is 8.48. The minimum atomic E-state index is 0.151. The Kier molecular flexibility index (Phi) is 3.60. The highest BCUT2D eigenvalue weighted by Gasteiger charge is 2.03. The van der Waals surface area contributed by atoms with Crippen LogP contribution in [0.3, 0.4) is 0 Å². The van der Waals surface area contributed by atoms with Crippen molar-refractivity contribution in [2.45, 2.75) is 0 Å². The third-order valence-electron chi connectivity index (χ3n) is 1.79. The molecule has 8 heteroatoms. The minimum Gasteiger partial charge on any atom is -0.384 e. The van der Waals surface area contributed by atoms with Crippen LogP contribution in [0.1, 0.15) is 0 Å². The van der Waals surface area contributed by atoms with E-state index < -0.39 is 0 Å². The van der Waals surface area contributed by atoms with E-state index in [0.717, 1.165) is 0 Å². The van der Waals surface area contributed by atoms with E-state index in [9.17, 15) is 0 Å². The van der Waals surface area contributed by atoms with Crippen LogP contribution in [0.2, 0.25) is 5.28 Å². The maximum Gasteiger partial charge on any atom is 0.224 e. The lowest BCUT2D eigenvalue weighted by Crippen LogP contribution is -2.12. The summed E-state index contributed by atoms with van der Waals surface area (Å²) in [4.78, 5) is 11.9. The summed E-state index contributed by atoms with van der Waals surface area (Å²) in [5.74, 6) is 1.51. The standard InChI is InChI=1S/C9H8BrClN6/c10-5-4-13-9(11)15-8(5)17-16-7-3-1-2-6(12)14-7/h1-4H,(H3,12,14,16)(H,13,15,17). The molecule has 0 bridgehead atoms. The highest BCUT2D eigenvalue weighted by molar-refractivity contribution is 9.10. The molecule has 0 aromatic carbocycles. The highest BCUT2D eigenvalue weighted by atomic mass is 79.9.